The number of carbonyl (C=O) groups is 1. The fourth-order valence-electron chi connectivity index (χ4n) is 1.72. The highest BCUT2D eigenvalue weighted by Gasteiger charge is 2.15. The minimum atomic E-state index is -0.889. The summed E-state index contributed by atoms with van der Waals surface area (Å²) < 4.78 is 40.1. The molecule has 0 aliphatic carbocycles. The molecule has 0 aliphatic rings. The second kappa shape index (κ2) is 6.05. The lowest BCUT2D eigenvalue weighted by Gasteiger charge is -2.09. The van der Waals surface area contributed by atoms with Crippen molar-refractivity contribution in [3.05, 3.63) is 58.4 Å². The lowest BCUT2D eigenvalue weighted by Crippen LogP contribution is -2.13. The Labute approximate surface area is 123 Å². The maximum absolute atomic E-state index is 13.6. The van der Waals surface area contributed by atoms with Crippen molar-refractivity contribution >= 4 is 28.9 Å². The molecule has 0 spiro atoms. The fourth-order valence-corrected chi connectivity index (χ4v) is 1.90. The van der Waals surface area contributed by atoms with E-state index in [4.69, 9.17) is 11.6 Å². The van der Waals surface area contributed by atoms with Gasteiger partial charge >= 0.3 is 0 Å². The average molecular weight is 315 g/mol. The monoisotopic (exact) mass is 314 g/mol. The van der Waals surface area contributed by atoms with Crippen LogP contribution in [0.1, 0.15) is 10.4 Å². The van der Waals surface area contributed by atoms with E-state index in [-0.39, 0.29) is 22.0 Å². The summed E-state index contributed by atoms with van der Waals surface area (Å²) in [7, 11) is 1.36. The summed E-state index contributed by atoms with van der Waals surface area (Å²) in [5.41, 5.74) is -0.314. The van der Waals surface area contributed by atoms with E-state index in [0.29, 0.717) is 0 Å². The van der Waals surface area contributed by atoms with Gasteiger partial charge in [0.25, 0.3) is 5.91 Å². The first-order valence-electron chi connectivity index (χ1n) is 5.85. The molecule has 0 heterocycles. The van der Waals surface area contributed by atoms with Crippen molar-refractivity contribution in [2.75, 3.05) is 17.7 Å². The summed E-state index contributed by atoms with van der Waals surface area (Å²) in [6.45, 7) is 0. The van der Waals surface area contributed by atoms with E-state index in [1.54, 1.807) is 0 Å². The molecule has 0 unspecified atom stereocenters. The van der Waals surface area contributed by atoms with Gasteiger partial charge in [-0.2, -0.15) is 0 Å². The fraction of sp³-hybridized carbons (Fsp3) is 0.0714. The van der Waals surface area contributed by atoms with Crippen LogP contribution >= 0.6 is 11.6 Å². The first kappa shape index (κ1) is 15.2. The van der Waals surface area contributed by atoms with E-state index in [0.717, 1.165) is 18.2 Å². The van der Waals surface area contributed by atoms with E-state index in [1.807, 2.05) is 0 Å². The Morgan fingerprint density at radius 1 is 1.05 bits per heavy atom. The minimum Gasteiger partial charge on any atom is -0.383 e. The van der Waals surface area contributed by atoms with Crippen LogP contribution < -0.4 is 10.6 Å². The topological polar surface area (TPSA) is 41.1 Å². The first-order valence-corrected chi connectivity index (χ1v) is 6.23. The predicted molar refractivity (Wildman–Crippen MR) is 75.3 cm³/mol. The normalized spacial score (nSPS) is 10.3. The van der Waals surface area contributed by atoms with Crippen LogP contribution in [0.5, 0.6) is 0 Å². The van der Waals surface area contributed by atoms with Gasteiger partial charge in [0.15, 0.2) is 0 Å². The molecule has 0 atom stereocenters. The SMILES string of the molecule is CNc1c(F)cc(C(=O)Nc2ccc(F)c(Cl)c2)cc1F. The molecule has 7 heteroatoms. The third-order valence-corrected chi connectivity index (χ3v) is 3.02. The molecule has 0 aliphatic heterocycles. The van der Waals surface area contributed by atoms with Gasteiger partial charge in [0, 0.05) is 18.3 Å². The predicted octanol–water partition coefficient (Wildman–Crippen LogP) is 4.05. The van der Waals surface area contributed by atoms with E-state index in [2.05, 4.69) is 10.6 Å². The molecular formula is C14H10ClF3N2O. The standard InChI is InChI=1S/C14H10ClF3N2O/c1-19-13-11(17)4-7(5-12(13)18)14(21)20-8-2-3-10(16)9(15)6-8/h2-6,19H,1H3,(H,20,21). The molecule has 3 nitrogen and oxygen atoms in total. The molecular weight excluding hydrogens is 305 g/mol. The summed E-state index contributed by atoms with van der Waals surface area (Å²) >= 11 is 5.58. The number of hydrogen-bond donors (Lipinski definition) is 2. The summed E-state index contributed by atoms with van der Waals surface area (Å²) in [6.07, 6.45) is 0. The zero-order chi connectivity index (χ0) is 15.6. The number of benzene rings is 2. The number of amides is 1. The molecule has 2 N–H and O–H groups in total. The third kappa shape index (κ3) is 3.28. The second-order valence-corrected chi connectivity index (χ2v) is 4.56. The smallest absolute Gasteiger partial charge is 0.255 e. The van der Waals surface area contributed by atoms with Gasteiger partial charge < -0.3 is 10.6 Å². The molecule has 0 saturated heterocycles. The molecule has 1 amide bonds. The third-order valence-electron chi connectivity index (χ3n) is 2.73. The van der Waals surface area contributed by atoms with Crippen molar-refractivity contribution in [2.24, 2.45) is 0 Å². The minimum absolute atomic E-state index is 0.171. The number of carbonyl (C=O) groups excluding carboxylic acids is 1. The zero-order valence-corrected chi connectivity index (χ0v) is 11.6. The van der Waals surface area contributed by atoms with Crippen LogP contribution in [-0.4, -0.2) is 13.0 Å². The van der Waals surface area contributed by atoms with E-state index in [1.165, 1.54) is 19.2 Å². The van der Waals surface area contributed by atoms with Crippen molar-refractivity contribution in [1.29, 1.82) is 0 Å². The number of rotatable bonds is 3. The van der Waals surface area contributed by atoms with Crippen molar-refractivity contribution < 1.29 is 18.0 Å². The first-order chi connectivity index (χ1) is 9.92. The van der Waals surface area contributed by atoms with Gasteiger partial charge in [0.05, 0.1) is 5.02 Å². The number of halogens is 4. The molecule has 2 aromatic carbocycles. The van der Waals surface area contributed by atoms with Gasteiger partial charge in [-0.1, -0.05) is 11.6 Å². The molecule has 0 aromatic heterocycles. The Morgan fingerprint density at radius 3 is 2.19 bits per heavy atom. The van der Waals surface area contributed by atoms with Crippen LogP contribution in [0.4, 0.5) is 24.5 Å². The number of hydrogen-bond acceptors (Lipinski definition) is 2. The Kier molecular flexibility index (Phi) is 4.37. The lowest BCUT2D eigenvalue weighted by atomic mass is 10.1. The van der Waals surface area contributed by atoms with Gasteiger partial charge in [-0.05, 0) is 30.3 Å². The number of anilines is 2. The maximum Gasteiger partial charge on any atom is 0.255 e. The molecule has 2 aromatic rings. The van der Waals surface area contributed by atoms with Crippen LogP contribution in [0.2, 0.25) is 5.02 Å². The Hall–Kier alpha value is -2.21. The molecule has 110 valence electrons. The largest absolute Gasteiger partial charge is 0.383 e. The molecule has 0 bridgehead atoms. The molecule has 0 saturated carbocycles. The summed E-state index contributed by atoms with van der Waals surface area (Å²) in [5.74, 6) is -3.15. The van der Waals surface area contributed by atoms with Gasteiger partial charge in [0.2, 0.25) is 0 Å². The highest BCUT2D eigenvalue weighted by molar-refractivity contribution is 6.31. The van der Waals surface area contributed by atoms with Gasteiger partial charge in [-0.3, -0.25) is 4.79 Å². The Bertz CT molecular complexity index is 684. The zero-order valence-electron chi connectivity index (χ0n) is 10.8. The molecule has 2 rings (SSSR count). The summed E-state index contributed by atoms with van der Waals surface area (Å²) in [6, 6.07) is 5.35. The quantitative estimate of drug-likeness (QED) is 0.897. The Morgan fingerprint density at radius 2 is 1.67 bits per heavy atom. The second-order valence-electron chi connectivity index (χ2n) is 4.15. The number of nitrogens with one attached hydrogen (secondary N) is 2. The highest BCUT2D eigenvalue weighted by atomic mass is 35.5. The van der Waals surface area contributed by atoms with Gasteiger partial charge in [-0.15, -0.1) is 0 Å². The van der Waals surface area contributed by atoms with Crippen LogP contribution in [0, 0.1) is 17.5 Å². The molecule has 21 heavy (non-hydrogen) atoms. The average Bonchev–Trinajstić information content (AvgIpc) is 2.42. The van der Waals surface area contributed by atoms with Crippen LogP contribution in [0.25, 0.3) is 0 Å². The highest BCUT2D eigenvalue weighted by Crippen LogP contribution is 2.22. The Balaban J connectivity index is 2.26. The van der Waals surface area contributed by atoms with E-state index >= 15 is 0 Å². The van der Waals surface area contributed by atoms with Crippen molar-refractivity contribution in [3.8, 4) is 0 Å². The van der Waals surface area contributed by atoms with Crippen molar-refractivity contribution in [3.63, 3.8) is 0 Å². The van der Waals surface area contributed by atoms with E-state index in [9.17, 15) is 18.0 Å². The van der Waals surface area contributed by atoms with Crippen molar-refractivity contribution in [1.82, 2.24) is 0 Å². The maximum atomic E-state index is 13.6. The van der Waals surface area contributed by atoms with Crippen LogP contribution in [-0.2, 0) is 0 Å². The summed E-state index contributed by atoms with van der Waals surface area (Å²) in [4.78, 5) is 11.9. The molecule has 0 fully saturated rings. The van der Waals surface area contributed by atoms with Crippen molar-refractivity contribution in [2.45, 2.75) is 0 Å². The van der Waals surface area contributed by atoms with Crippen LogP contribution in [0.15, 0.2) is 30.3 Å². The van der Waals surface area contributed by atoms with Gasteiger partial charge in [0.1, 0.15) is 23.1 Å². The van der Waals surface area contributed by atoms with E-state index < -0.39 is 23.4 Å². The van der Waals surface area contributed by atoms with Crippen LogP contribution in [0.3, 0.4) is 0 Å². The lowest BCUT2D eigenvalue weighted by molar-refractivity contribution is 0.102. The summed E-state index contributed by atoms with van der Waals surface area (Å²) in [5, 5.41) is 4.56. The van der Waals surface area contributed by atoms with Gasteiger partial charge in [-0.25, -0.2) is 13.2 Å². The molecule has 0 radical (unpaired) electrons.